The first-order chi connectivity index (χ1) is 23.8. The van der Waals surface area contributed by atoms with Gasteiger partial charge in [-0.3, -0.25) is 24.2 Å². The summed E-state index contributed by atoms with van der Waals surface area (Å²) in [5.74, 6) is -3.12. The second-order valence-corrected chi connectivity index (χ2v) is 12.2. The zero-order valence-corrected chi connectivity index (χ0v) is 27.0. The molecule has 3 amide bonds. The van der Waals surface area contributed by atoms with Crippen LogP contribution in [0.3, 0.4) is 0 Å². The number of aliphatic hydroxyl groups is 1. The molecule has 1 fully saturated rings. The Morgan fingerprint density at radius 2 is 1.72 bits per heavy atom. The molecule has 50 heavy (non-hydrogen) atoms. The molecule has 0 aliphatic carbocycles. The summed E-state index contributed by atoms with van der Waals surface area (Å²) in [6.45, 7) is 6.72. The van der Waals surface area contributed by atoms with Gasteiger partial charge in [-0.05, 0) is 55.0 Å². The third-order valence-corrected chi connectivity index (χ3v) is 8.78. The predicted molar refractivity (Wildman–Crippen MR) is 176 cm³/mol. The van der Waals surface area contributed by atoms with Crippen LogP contribution < -0.4 is 15.5 Å². The summed E-state index contributed by atoms with van der Waals surface area (Å²) < 4.78 is 56.3. The summed E-state index contributed by atoms with van der Waals surface area (Å²) in [5.41, 5.74) is 0.738. The number of halogens is 4. The van der Waals surface area contributed by atoms with E-state index < -0.39 is 53.3 Å². The predicted octanol–water partition coefficient (Wildman–Crippen LogP) is 4.18. The molecule has 4 aromatic rings. The first kappa shape index (κ1) is 34.5. The van der Waals surface area contributed by atoms with Gasteiger partial charge in [0.25, 0.3) is 11.8 Å². The van der Waals surface area contributed by atoms with E-state index in [1.54, 1.807) is 35.9 Å². The molecular weight excluding hydrogens is 656 g/mol. The van der Waals surface area contributed by atoms with E-state index >= 15 is 0 Å². The van der Waals surface area contributed by atoms with Gasteiger partial charge in [0.2, 0.25) is 5.91 Å². The largest absolute Gasteiger partial charge is 0.416 e. The summed E-state index contributed by atoms with van der Waals surface area (Å²) in [7, 11) is 0. The number of alkyl halides is 3. The maximum Gasteiger partial charge on any atom is 0.416 e. The number of aromatic nitrogens is 2. The van der Waals surface area contributed by atoms with E-state index in [0.717, 1.165) is 12.1 Å². The molecule has 1 saturated heterocycles. The van der Waals surface area contributed by atoms with Crippen molar-refractivity contribution >= 4 is 23.5 Å². The number of nitrogens with zero attached hydrogens (tertiary/aromatic N) is 4. The lowest BCUT2D eigenvalue weighted by molar-refractivity contribution is -0.137. The fraction of sp³-hybridized carbons (Fsp3) is 0.278. The highest BCUT2D eigenvalue weighted by molar-refractivity contribution is 6.05. The normalized spacial score (nSPS) is 18.0. The molecular formula is C36H34F4N6O4. The molecule has 6 rings (SSSR count). The second-order valence-electron chi connectivity index (χ2n) is 12.2. The number of hydrogen-bond acceptors (Lipinski definition) is 6. The van der Waals surface area contributed by atoms with E-state index in [1.807, 2.05) is 11.0 Å². The van der Waals surface area contributed by atoms with Crippen LogP contribution in [0.4, 0.5) is 23.4 Å². The highest BCUT2D eigenvalue weighted by Crippen LogP contribution is 2.44. The van der Waals surface area contributed by atoms with Gasteiger partial charge in [0, 0.05) is 48.8 Å². The van der Waals surface area contributed by atoms with E-state index in [2.05, 4.69) is 17.2 Å². The number of amides is 3. The van der Waals surface area contributed by atoms with Crippen LogP contribution >= 0.6 is 0 Å². The van der Waals surface area contributed by atoms with E-state index in [1.165, 1.54) is 35.2 Å². The van der Waals surface area contributed by atoms with Crippen molar-refractivity contribution in [2.75, 3.05) is 31.1 Å². The molecule has 0 bridgehead atoms. The average Bonchev–Trinajstić information content (AvgIpc) is 3.46. The van der Waals surface area contributed by atoms with Crippen molar-refractivity contribution in [2.24, 2.45) is 0 Å². The fourth-order valence-electron chi connectivity index (χ4n) is 6.35. The van der Waals surface area contributed by atoms with Crippen LogP contribution in [0.2, 0.25) is 0 Å². The van der Waals surface area contributed by atoms with Gasteiger partial charge in [0.1, 0.15) is 17.7 Å². The number of carbonyl (C=O) groups is 3. The Morgan fingerprint density at radius 3 is 2.36 bits per heavy atom. The van der Waals surface area contributed by atoms with Crippen LogP contribution in [0.5, 0.6) is 0 Å². The summed E-state index contributed by atoms with van der Waals surface area (Å²) in [4.78, 5) is 44.4. The van der Waals surface area contributed by atoms with Crippen molar-refractivity contribution in [3.63, 3.8) is 0 Å². The third kappa shape index (κ3) is 6.89. The van der Waals surface area contributed by atoms with Crippen molar-refractivity contribution in [1.82, 2.24) is 25.3 Å². The van der Waals surface area contributed by atoms with Crippen molar-refractivity contribution in [2.45, 2.75) is 37.7 Å². The molecule has 0 radical (unpaired) electrons. The standard InChI is InChI=1S/C36H34F4N6O4/c1-3-45-34-30(28(43-46(34)26-10-5-4-6-11-26)17-41-32(48)21(2)18-44-19-27(47)20-44)29(22-12-14-25(37)15-13-22)31(35(45)50)42-33(49)23-8-7-9-24(16-23)36(38,39)40/h4-16,27,29,31,47H,2-3,17-20H2,1H3,(H,41,48)(H,42,49). The van der Waals surface area contributed by atoms with Gasteiger partial charge in [0.05, 0.1) is 29.6 Å². The van der Waals surface area contributed by atoms with E-state index in [4.69, 9.17) is 5.10 Å². The second kappa shape index (κ2) is 13.9. The number of benzene rings is 3. The minimum absolute atomic E-state index is 0.125. The maximum absolute atomic E-state index is 14.4. The molecule has 2 aliphatic heterocycles. The highest BCUT2D eigenvalue weighted by atomic mass is 19.4. The lowest BCUT2D eigenvalue weighted by Gasteiger charge is -2.38. The number of aliphatic hydroxyl groups excluding tert-OH is 1. The Morgan fingerprint density at radius 1 is 1.02 bits per heavy atom. The lowest BCUT2D eigenvalue weighted by Crippen LogP contribution is -2.55. The number of fused-ring (bicyclic) bond motifs is 1. The SMILES string of the molecule is C=C(CN1CC(O)C1)C(=O)NCc1nn(-c2ccccc2)c2c1C(c1ccc(F)cc1)C(NC(=O)c1cccc(C(F)(F)F)c1)C(=O)N2CC. The van der Waals surface area contributed by atoms with Gasteiger partial charge < -0.3 is 15.7 Å². The molecule has 2 atom stereocenters. The Kier molecular flexibility index (Phi) is 9.58. The number of para-hydroxylation sites is 1. The summed E-state index contributed by atoms with van der Waals surface area (Å²) in [6.07, 6.45) is -5.15. The van der Waals surface area contributed by atoms with Crippen LogP contribution in [0.15, 0.2) is 91.0 Å². The number of likely N-dealkylation sites (N-methyl/N-ethyl adjacent to an activating group) is 1. The van der Waals surface area contributed by atoms with E-state index in [0.29, 0.717) is 47.5 Å². The van der Waals surface area contributed by atoms with Crippen LogP contribution in [-0.4, -0.2) is 75.8 Å². The van der Waals surface area contributed by atoms with Crippen LogP contribution in [0, 0.1) is 5.82 Å². The Balaban J connectivity index is 1.44. The summed E-state index contributed by atoms with van der Waals surface area (Å²) >= 11 is 0. The highest BCUT2D eigenvalue weighted by Gasteiger charge is 2.46. The molecule has 0 saturated carbocycles. The molecule has 3 aromatic carbocycles. The van der Waals surface area contributed by atoms with E-state index in [9.17, 15) is 37.1 Å². The number of rotatable bonds is 10. The van der Waals surface area contributed by atoms with E-state index in [-0.39, 0.29) is 30.8 Å². The fourth-order valence-corrected chi connectivity index (χ4v) is 6.35. The van der Waals surface area contributed by atoms with Gasteiger partial charge >= 0.3 is 6.18 Å². The van der Waals surface area contributed by atoms with Crippen molar-refractivity contribution in [3.05, 3.63) is 125 Å². The molecule has 2 unspecified atom stereocenters. The molecule has 10 nitrogen and oxygen atoms in total. The van der Waals surface area contributed by atoms with Crippen LogP contribution in [-0.2, 0) is 22.3 Å². The molecule has 0 spiro atoms. The number of hydrogen-bond donors (Lipinski definition) is 3. The average molecular weight is 691 g/mol. The number of anilines is 1. The number of nitrogens with one attached hydrogen (secondary N) is 2. The first-order valence-corrected chi connectivity index (χ1v) is 15.9. The Bertz CT molecular complexity index is 1920. The minimum Gasteiger partial charge on any atom is -0.390 e. The van der Waals surface area contributed by atoms with Crippen molar-refractivity contribution < 1.29 is 37.1 Å². The lowest BCUT2D eigenvalue weighted by atomic mass is 9.80. The van der Waals surface area contributed by atoms with Gasteiger partial charge in [-0.25, -0.2) is 9.07 Å². The number of carbonyl (C=O) groups excluding carboxylic acids is 3. The topological polar surface area (TPSA) is 120 Å². The Labute approximate surface area is 285 Å². The quantitative estimate of drug-likeness (QED) is 0.170. The number of likely N-dealkylation sites (tertiary alicyclic amines) is 1. The molecule has 3 N–H and O–H groups in total. The van der Waals surface area contributed by atoms with Crippen molar-refractivity contribution in [3.8, 4) is 5.69 Å². The third-order valence-electron chi connectivity index (χ3n) is 8.78. The van der Waals surface area contributed by atoms with Crippen LogP contribution in [0.25, 0.3) is 5.69 Å². The number of β-amino-alcohol motifs (C(OH)–C–C–N with tert-alkyl or cyclic N) is 1. The molecule has 1 aromatic heterocycles. The first-order valence-electron chi connectivity index (χ1n) is 15.9. The summed E-state index contributed by atoms with van der Waals surface area (Å²) in [5, 5.41) is 20.0. The summed E-state index contributed by atoms with van der Waals surface area (Å²) in [6, 6.07) is 16.8. The smallest absolute Gasteiger partial charge is 0.390 e. The van der Waals surface area contributed by atoms with Gasteiger partial charge in [-0.2, -0.15) is 18.3 Å². The monoisotopic (exact) mass is 690 g/mol. The molecule has 2 aliphatic rings. The molecule has 14 heteroatoms. The van der Waals surface area contributed by atoms with Crippen molar-refractivity contribution in [1.29, 1.82) is 0 Å². The van der Waals surface area contributed by atoms with Gasteiger partial charge in [-0.15, -0.1) is 0 Å². The van der Waals surface area contributed by atoms with Gasteiger partial charge in [0.15, 0.2) is 0 Å². The maximum atomic E-state index is 14.4. The Hall–Kier alpha value is -5.34. The zero-order chi connectivity index (χ0) is 35.7. The zero-order valence-electron chi connectivity index (χ0n) is 27.0. The molecule has 260 valence electrons. The minimum atomic E-state index is -4.70. The van der Waals surface area contributed by atoms with Gasteiger partial charge in [-0.1, -0.05) is 43.0 Å². The molecule has 3 heterocycles. The van der Waals surface area contributed by atoms with Crippen LogP contribution in [0.1, 0.15) is 45.6 Å².